The monoisotopic (exact) mass is 254 g/mol. The Morgan fingerprint density at radius 2 is 2.00 bits per heavy atom. The van der Waals surface area contributed by atoms with Gasteiger partial charge in [-0.15, -0.1) is 0 Å². The Bertz CT molecular complexity index is 459. The van der Waals surface area contributed by atoms with Crippen molar-refractivity contribution in [2.24, 2.45) is 5.73 Å². The first-order valence-electron chi connectivity index (χ1n) is 5.39. The molecule has 0 aliphatic heterocycles. The standard InChI is InChI=1S/C10H14N4O4/c1-2-7(6-11)12-9-4-3-8(13(15)16)5-10(9)14(17)18/h3-5,7,12H,2,6,11H2,1H3. The van der Waals surface area contributed by atoms with Gasteiger partial charge >= 0.3 is 0 Å². The van der Waals surface area contributed by atoms with Gasteiger partial charge in [0.2, 0.25) is 0 Å². The van der Waals surface area contributed by atoms with Crippen molar-refractivity contribution in [2.75, 3.05) is 11.9 Å². The van der Waals surface area contributed by atoms with Crippen LogP contribution in [0.1, 0.15) is 13.3 Å². The van der Waals surface area contributed by atoms with Crippen molar-refractivity contribution in [3.63, 3.8) is 0 Å². The fourth-order valence-corrected chi connectivity index (χ4v) is 1.45. The average Bonchev–Trinajstić information content (AvgIpc) is 2.35. The van der Waals surface area contributed by atoms with E-state index in [2.05, 4.69) is 5.32 Å². The van der Waals surface area contributed by atoms with Crippen molar-refractivity contribution in [1.82, 2.24) is 0 Å². The Balaban J connectivity index is 3.11. The van der Waals surface area contributed by atoms with E-state index >= 15 is 0 Å². The SMILES string of the molecule is CCC(CN)Nc1ccc([N+](=O)[O-])cc1[N+](=O)[O-]. The number of nitro groups is 2. The van der Waals surface area contributed by atoms with E-state index in [0.29, 0.717) is 13.0 Å². The fraction of sp³-hybridized carbons (Fsp3) is 0.400. The van der Waals surface area contributed by atoms with Crippen LogP contribution in [0.15, 0.2) is 18.2 Å². The van der Waals surface area contributed by atoms with Crippen LogP contribution in [0.5, 0.6) is 0 Å². The predicted molar refractivity (Wildman–Crippen MR) is 66.5 cm³/mol. The molecule has 0 fully saturated rings. The molecule has 0 radical (unpaired) electrons. The number of nitrogens with zero attached hydrogens (tertiary/aromatic N) is 2. The third-order valence-corrected chi connectivity index (χ3v) is 2.53. The lowest BCUT2D eigenvalue weighted by Gasteiger charge is -2.15. The second-order valence-corrected chi connectivity index (χ2v) is 3.70. The summed E-state index contributed by atoms with van der Waals surface area (Å²) in [7, 11) is 0. The number of hydrogen-bond donors (Lipinski definition) is 2. The zero-order valence-electron chi connectivity index (χ0n) is 9.83. The summed E-state index contributed by atoms with van der Waals surface area (Å²) in [6.45, 7) is 2.21. The van der Waals surface area contributed by atoms with Crippen molar-refractivity contribution in [1.29, 1.82) is 0 Å². The predicted octanol–water partition coefficient (Wildman–Crippen LogP) is 1.65. The lowest BCUT2D eigenvalue weighted by atomic mass is 10.2. The summed E-state index contributed by atoms with van der Waals surface area (Å²) < 4.78 is 0. The van der Waals surface area contributed by atoms with Crippen LogP contribution in [-0.2, 0) is 0 Å². The number of nitro benzene ring substituents is 2. The Labute approximate surface area is 103 Å². The molecule has 0 saturated carbocycles. The zero-order chi connectivity index (χ0) is 13.7. The summed E-state index contributed by atoms with van der Waals surface area (Å²) in [6.07, 6.45) is 0.699. The molecule has 1 aromatic rings. The number of nitrogens with one attached hydrogen (secondary N) is 1. The van der Waals surface area contributed by atoms with Crippen LogP contribution >= 0.6 is 0 Å². The molecule has 0 aliphatic rings. The molecule has 1 rings (SSSR count). The van der Waals surface area contributed by atoms with Crippen LogP contribution in [0.25, 0.3) is 0 Å². The summed E-state index contributed by atoms with van der Waals surface area (Å²) in [6, 6.07) is 3.38. The molecule has 0 heterocycles. The molecule has 1 atom stereocenters. The molecular formula is C10H14N4O4. The number of anilines is 1. The average molecular weight is 254 g/mol. The van der Waals surface area contributed by atoms with Gasteiger partial charge in [-0.05, 0) is 12.5 Å². The summed E-state index contributed by atoms with van der Waals surface area (Å²) in [4.78, 5) is 20.1. The second kappa shape index (κ2) is 5.92. The first kappa shape index (κ1) is 13.8. The Hall–Kier alpha value is -2.22. The molecule has 0 aromatic heterocycles. The third-order valence-electron chi connectivity index (χ3n) is 2.53. The zero-order valence-corrected chi connectivity index (χ0v) is 9.83. The van der Waals surface area contributed by atoms with Crippen molar-refractivity contribution < 1.29 is 9.85 Å². The van der Waals surface area contributed by atoms with Crippen molar-refractivity contribution >= 4 is 17.1 Å². The van der Waals surface area contributed by atoms with Crippen LogP contribution in [0.3, 0.4) is 0 Å². The van der Waals surface area contributed by atoms with E-state index in [-0.39, 0.29) is 23.1 Å². The summed E-state index contributed by atoms with van der Waals surface area (Å²) in [5, 5.41) is 24.3. The number of non-ortho nitro benzene ring substituents is 1. The van der Waals surface area contributed by atoms with E-state index in [0.717, 1.165) is 6.07 Å². The highest BCUT2D eigenvalue weighted by Gasteiger charge is 2.20. The highest BCUT2D eigenvalue weighted by atomic mass is 16.6. The van der Waals surface area contributed by atoms with E-state index in [1.54, 1.807) is 0 Å². The van der Waals surface area contributed by atoms with Crippen LogP contribution in [-0.4, -0.2) is 22.4 Å². The molecule has 3 N–H and O–H groups in total. The highest BCUT2D eigenvalue weighted by Crippen LogP contribution is 2.29. The van der Waals surface area contributed by atoms with Gasteiger partial charge in [0.25, 0.3) is 11.4 Å². The van der Waals surface area contributed by atoms with Gasteiger partial charge in [0.15, 0.2) is 0 Å². The van der Waals surface area contributed by atoms with E-state index in [4.69, 9.17) is 5.73 Å². The Morgan fingerprint density at radius 1 is 1.33 bits per heavy atom. The minimum atomic E-state index is -0.670. The molecular weight excluding hydrogens is 240 g/mol. The maximum Gasteiger partial charge on any atom is 0.299 e. The lowest BCUT2D eigenvalue weighted by Crippen LogP contribution is -2.28. The third kappa shape index (κ3) is 3.14. The molecule has 18 heavy (non-hydrogen) atoms. The number of nitrogens with two attached hydrogens (primary N) is 1. The number of rotatable bonds is 6. The highest BCUT2D eigenvalue weighted by molar-refractivity contribution is 5.65. The maximum atomic E-state index is 10.9. The fourth-order valence-electron chi connectivity index (χ4n) is 1.45. The van der Waals surface area contributed by atoms with Crippen molar-refractivity contribution in [3.8, 4) is 0 Å². The molecule has 0 saturated heterocycles. The molecule has 98 valence electrons. The van der Waals surface area contributed by atoms with Crippen LogP contribution in [0, 0.1) is 20.2 Å². The molecule has 0 spiro atoms. The van der Waals surface area contributed by atoms with E-state index < -0.39 is 9.85 Å². The van der Waals surface area contributed by atoms with Gasteiger partial charge in [0.05, 0.1) is 15.9 Å². The minimum Gasteiger partial charge on any atom is -0.375 e. The largest absolute Gasteiger partial charge is 0.375 e. The maximum absolute atomic E-state index is 10.9. The number of hydrogen-bond acceptors (Lipinski definition) is 6. The normalized spacial score (nSPS) is 11.9. The van der Waals surface area contributed by atoms with E-state index in [1.807, 2.05) is 6.92 Å². The molecule has 1 unspecified atom stereocenters. The van der Waals surface area contributed by atoms with Crippen LogP contribution in [0.2, 0.25) is 0 Å². The first-order valence-corrected chi connectivity index (χ1v) is 5.39. The molecule has 8 heteroatoms. The smallest absolute Gasteiger partial charge is 0.299 e. The first-order chi connectivity index (χ1) is 8.49. The molecule has 0 amide bonds. The van der Waals surface area contributed by atoms with Gasteiger partial charge in [0.1, 0.15) is 5.69 Å². The topological polar surface area (TPSA) is 124 Å². The second-order valence-electron chi connectivity index (χ2n) is 3.70. The van der Waals surface area contributed by atoms with Gasteiger partial charge < -0.3 is 11.1 Å². The summed E-state index contributed by atoms with van der Waals surface area (Å²) in [5.41, 5.74) is 5.10. The van der Waals surface area contributed by atoms with Crippen LogP contribution in [0.4, 0.5) is 17.1 Å². The molecule has 8 nitrogen and oxygen atoms in total. The van der Waals surface area contributed by atoms with E-state index in [9.17, 15) is 20.2 Å². The van der Waals surface area contributed by atoms with Gasteiger partial charge in [-0.25, -0.2) is 0 Å². The number of benzene rings is 1. The summed E-state index contributed by atoms with van der Waals surface area (Å²) in [5.74, 6) is 0. The van der Waals surface area contributed by atoms with Crippen LogP contribution < -0.4 is 11.1 Å². The Morgan fingerprint density at radius 3 is 2.44 bits per heavy atom. The quantitative estimate of drug-likeness (QED) is 0.587. The molecule has 0 aliphatic carbocycles. The van der Waals surface area contributed by atoms with E-state index in [1.165, 1.54) is 12.1 Å². The van der Waals surface area contributed by atoms with Crippen molar-refractivity contribution in [3.05, 3.63) is 38.4 Å². The Kier molecular flexibility index (Phi) is 4.55. The summed E-state index contributed by atoms with van der Waals surface area (Å²) >= 11 is 0. The minimum absolute atomic E-state index is 0.106. The van der Waals surface area contributed by atoms with Gasteiger partial charge in [-0.2, -0.15) is 0 Å². The lowest BCUT2D eigenvalue weighted by molar-refractivity contribution is -0.393. The molecule has 0 bridgehead atoms. The van der Waals surface area contributed by atoms with Crippen molar-refractivity contribution in [2.45, 2.75) is 19.4 Å². The molecule has 1 aromatic carbocycles. The van der Waals surface area contributed by atoms with Gasteiger partial charge in [0, 0.05) is 18.7 Å². The van der Waals surface area contributed by atoms with Gasteiger partial charge in [-0.3, -0.25) is 20.2 Å². The van der Waals surface area contributed by atoms with Gasteiger partial charge in [-0.1, -0.05) is 6.92 Å².